The minimum absolute atomic E-state index is 0.296. The first-order valence-electron chi connectivity index (χ1n) is 8.53. The van der Waals surface area contributed by atoms with Crippen molar-refractivity contribution in [2.75, 3.05) is 6.54 Å². The lowest BCUT2D eigenvalue weighted by Gasteiger charge is -2.12. The van der Waals surface area contributed by atoms with E-state index in [9.17, 15) is 31.6 Å². The summed E-state index contributed by atoms with van der Waals surface area (Å²) in [5.74, 6) is -0.995. The summed E-state index contributed by atoms with van der Waals surface area (Å²) in [6.07, 6.45) is -1.48. The van der Waals surface area contributed by atoms with Gasteiger partial charge in [-0.3, -0.25) is 4.79 Å². The number of nitrogens with zero attached hydrogens (tertiary/aromatic N) is 2. The molecule has 0 unspecified atom stereocenters. The van der Waals surface area contributed by atoms with Crippen LogP contribution in [0.5, 0.6) is 0 Å². The van der Waals surface area contributed by atoms with E-state index in [0.29, 0.717) is 28.8 Å². The summed E-state index contributed by atoms with van der Waals surface area (Å²) in [4.78, 5) is 11.2. The maximum absolute atomic E-state index is 12.8. The third kappa shape index (κ3) is 4.99. The van der Waals surface area contributed by atoms with Gasteiger partial charge in [-0.15, -0.1) is 0 Å². The van der Waals surface area contributed by atoms with Crippen molar-refractivity contribution in [1.82, 2.24) is 9.12 Å². The molecular weight excluding hydrogens is 459 g/mol. The third-order valence-electron chi connectivity index (χ3n) is 4.22. The van der Waals surface area contributed by atoms with Crippen LogP contribution in [0, 0.1) is 11.3 Å². The average Bonchev–Trinajstić information content (AvgIpc) is 3.07. The van der Waals surface area contributed by atoms with Crippen molar-refractivity contribution in [1.29, 1.82) is 5.26 Å². The quantitative estimate of drug-likeness (QED) is 0.554. The molecule has 1 aromatic carbocycles. The molecule has 1 N–H and O–H groups in total. The number of nitrogens with one attached hydrogen (secondary N) is 1. The number of fused-ring (bicyclic) bond motifs is 1. The zero-order valence-electron chi connectivity index (χ0n) is 15.5. The first-order valence-corrected chi connectivity index (χ1v) is 10.4. The highest BCUT2D eigenvalue weighted by molar-refractivity contribution is 7.89. The summed E-state index contributed by atoms with van der Waals surface area (Å²) < 4.78 is 71.7. The van der Waals surface area contributed by atoms with Gasteiger partial charge in [0.15, 0.2) is 0 Å². The van der Waals surface area contributed by atoms with Crippen LogP contribution in [-0.4, -0.2) is 25.3 Å². The molecule has 0 atom stereocenters. The number of carbonyl (C=O) groups is 1. The molecule has 0 saturated carbocycles. The lowest BCUT2D eigenvalue weighted by molar-refractivity contribution is -0.143. The molecule has 3 aromatic rings. The number of ether oxygens (including phenoxy) is 1. The summed E-state index contributed by atoms with van der Waals surface area (Å²) >= 11 is 5.72. The van der Waals surface area contributed by atoms with Gasteiger partial charge in [-0.05, 0) is 30.3 Å². The van der Waals surface area contributed by atoms with Crippen molar-refractivity contribution in [3.8, 4) is 6.07 Å². The largest absolute Gasteiger partial charge is 0.460 e. The van der Waals surface area contributed by atoms with Gasteiger partial charge in [0.2, 0.25) is 10.0 Å². The molecule has 7 nitrogen and oxygen atoms in total. The molecule has 0 fully saturated rings. The molecule has 0 aliphatic rings. The standard InChI is InChI=1S/C19H13ClF3N3O4S/c20-15-5-4-13(19(21,22)23)7-17(15)31(28,29)25-9-18(27)30-11-12-10-26-6-2-1-3-16(26)14(12)8-24/h1-7,10,25H,9,11H2. The Bertz CT molecular complexity index is 1300. The van der Waals surface area contributed by atoms with Gasteiger partial charge < -0.3 is 9.14 Å². The monoisotopic (exact) mass is 471 g/mol. The zero-order valence-corrected chi connectivity index (χ0v) is 17.1. The highest BCUT2D eigenvalue weighted by Gasteiger charge is 2.32. The Kier molecular flexibility index (Phi) is 6.26. The number of hydrogen-bond acceptors (Lipinski definition) is 5. The molecule has 3 rings (SSSR count). The van der Waals surface area contributed by atoms with Crippen LogP contribution < -0.4 is 4.72 Å². The van der Waals surface area contributed by atoms with E-state index >= 15 is 0 Å². The minimum atomic E-state index is -4.77. The zero-order chi connectivity index (χ0) is 22.8. The molecule has 0 aliphatic heterocycles. The maximum atomic E-state index is 12.8. The van der Waals surface area contributed by atoms with Crippen LogP contribution in [0.3, 0.4) is 0 Å². The van der Waals surface area contributed by atoms with Crippen molar-refractivity contribution in [2.24, 2.45) is 0 Å². The number of halogens is 4. The molecule has 162 valence electrons. The molecule has 0 bridgehead atoms. The van der Waals surface area contributed by atoms with Gasteiger partial charge in [-0.1, -0.05) is 17.7 Å². The fourth-order valence-electron chi connectivity index (χ4n) is 2.74. The Labute approximate surface area is 179 Å². The van der Waals surface area contributed by atoms with E-state index in [-0.39, 0.29) is 6.61 Å². The van der Waals surface area contributed by atoms with E-state index in [1.807, 2.05) is 10.8 Å². The number of benzene rings is 1. The highest BCUT2D eigenvalue weighted by atomic mass is 35.5. The molecule has 0 spiro atoms. The summed E-state index contributed by atoms with van der Waals surface area (Å²) in [6, 6.07) is 9.03. The molecule has 0 amide bonds. The van der Waals surface area contributed by atoms with Gasteiger partial charge in [-0.25, -0.2) is 8.42 Å². The molecule has 2 aromatic heterocycles. The highest BCUT2D eigenvalue weighted by Crippen LogP contribution is 2.33. The molecule has 0 radical (unpaired) electrons. The third-order valence-corrected chi connectivity index (χ3v) is 6.10. The normalized spacial score (nSPS) is 12.0. The molecule has 31 heavy (non-hydrogen) atoms. The van der Waals surface area contributed by atoms with Crippen LogP contribution >= 0.6 is 11.6 Å². The van der Waals surface area contributed by atoms with Crippen LogP contribution in [0.4, 0.5) is 13.2 Å². The van der Waals surface area contributed by atoms with Gasteiger partial charge >= 0.3 is 12.1 Å². The number of rotatable bonds is 6. The number of sulfonamides is 1. The summed E-state index contributed by atoms with van der Waals surface area (Å²) in [7, 11) is -4.52. The number of pyridine rings is 1. The van der Waals surface area contributed by atoms with Crippen LogP contribution in [-0.2, 0) is 32.3 Å². The number of alkyl halides is 3. The van der Waals surface area contributed by atoms with Crippen molar-refractivity contribution in [2.45, 2.75) is 17.7 Å². The molecule has 0 saturated heterocycles. The van der Waals surface area contributed by atoms with Gasteiger partial charge in [-0.2, -0.15) is 23.2 Å². The van der Waals surface area contributed by atoms with Gasteiger partial charge in [0, 0.05) is 18.0 Å². The van der Waals surface area contributed by atoms with Crippen molar-refractivity contribution in [3.63, 3.8) is 0 Å². The predicted molar refractivity (Wildman–Crippen MR) is 104 cm³/mol. The number of esters is 1. The van der Waals surface area contributed by atoms with Crippen LogP contribution in [0.1, 0.15) is 16.7 Å². The topological polar surface area (TPSA) is 101 Å². The van der Waals surface area contributed by atoms with Crippen molar-refractivity contribution in [3.05, 3.63) is 70.5 Å². The number of nitriles is 1. The Balaban J connectivity index is 1.68. The first kappa shape index (κ1) is 22.6. The molecular formula is C19H13ClF3N3O4S. The van der Waals surface area contributed by atoms with Crippen molar-refractivity contribution < 1.29 is 31.1 Å². The smallest absolute Gasteiger partial charge is 0.416 e. The molecule has 12 heteroatoms. The number of hydrogen-bond donors (Lipinski definition) is 1. The van der Waals surface area contributed by atoms with E-state index in [0.717, 1.165) is 6.07 Å². The Morgan fingerprint density at radius 3 is 2.68 bits per heavy atom. The Hall–Kier alpha value is -3.07. The Morgan fingerprint density at radius 2 is 2.00 bits per heavy atom. The molecule has 0 aliphatic carbocycles. The van der Waals surface area contributed by atoms with E-state index in [2.05, 4.69) is 0 Å². The van der Waals surface area contributed by atoms with E-state index in [4.69, 9.17) is 16.3 Å². The summed E-state index contributed by atoms with van der Waals surface area (Å²) in [6.45, 7) is -1.14. The lowest BCUT2D eigenvalue weighted by atomic mass is 10.2. The summed E-state index contributed by atoms with van der Waals surface area (Å²) in [5.41, 5.74) is 0.108. The fourth-order valence-corrected chi connectivity index (χ4v) is 4.24. The van der Waals surface area contributed by atoms with Crippen molar-refractivity contribution >= 4 is 33.1 Å². The fraction of sp³-hybridized carbons (Fsp3) is 0.158. The van der Waals surface area contributed by atoms with E-state index in [1.54, 1.807) is 35.0 Å². The second kappa shape index (κ2) is 8.58. The number of aromatic nitrogens is 1. The van der Waals surface area contributed by atoms with E-state index in [1.165, 1.54) is 0 Å². The van der Waals surface area contributed by atoms with E-state index < -0.39 is 44.2 Å². The van der Waals surface area contributed by atoms with Gasteiger partial charge in [0.25, 0.3) is 0 Å². The lowest BCUT2D eigenvalue weighted by Crippen LogP contribution is -2.31. The number of carbonyl (C=O) groups excluding carboxylic acids is 1. The van der Waals surface area contributed by atoms with Crippen LogP contribution in [0.25, 0.3) is 5.52 Å². The summed E-state index contributed by atoms with van der Waals surface area (Å²) in [5, 5.41) is 8.89. The minimum Gasteiger partial charge on any atom is -0.460 e. The van der Waals surface area contributed by atoms with Crippen LogP contribution in [0.15, 0.2) is 53.7 Å². The van der Waals surface area contributed by atoms with Crippen LogP contribution in [0.2, 0.25) is 5.02 Å². The first-order chi connectivity index (χ1) is 14.5. The van der Waals surface area contributed by atoms with Gasteiger partial charge in [0.05, 0.1) is 21.7 Å². The Morgan fingerprint density at radius 1 is 1.26 bits per heavy atom. The second-order valence-electron chi connectivity index (χ2n) is 6.26. The SMILES string of the molecule is N#Cc1c(COC(=O)CNS(=O)(=O)c2cc(C(F)(F)F)ccc2Cl)cn2ccccc12. The maximum Gasteiger partial charge on any atom is 0.416 e. The predicted octanol–water partition coefficient (Wildman–Crippen LogP) is 3.50. The average molecular weight is 472 g/mol. The second-order valence-corrected chi connectivity index (χ2v) is 8.41. The molecule has 2 heterocycles. The van der Waals surface area contributed by atoms with Gasteiger partial charge in [0.1, 0.15) is 24.1 Å².